The Morgan fingerprint density at radius 3 is 2.42 bits per heavy atom. The molecule has 1 saturated carbocycles. The van der Waals surface area contributed by atoms with Crippen molar-refractivity contribution < 1.29 is 19.8 Å². The van der Waals surface area contributed by atoms with Crippen LogP contribution < -0.4 is 5.32 Å². The number of carboxylic acids is 1. The molecule has 5 heteroatoms. The zero-order valence-corrected chi connectivity index (χ0v) is 11.8. The molecule has 19 heavy (non-hydrogen) atoms. The maximum absolute atomic E-state index is 11.9. The van der Waals surface area contributed by atoms with Crippen molar-refractivity contribution in [1.29, 1.82) is 0 Å². The van der Waals surface area contributed by atoms with Crippen LogP contribution in [-0.2, 0) is 9.59 Å². The van der Waals surface area contributed by atoms with Crippen LogP contribution in [0.15, 0.2) is 0 Å². The zero-order valence-electron chi connectivity index (χ0n) is 11.8. The largest absolute Gasteiger partial charge is 0.479 e. The summed E-state index contributed by atoms with van der Waals surface area (Å²) in [5, 5.41) is 20.8. The molecule has 0 aromatic heterocycles. The predicted molar refractivity (Wildman–Crippen MR) is 71.6 cm³/mol. The van der Waals surface area contributed by atoms with Gasteiger partial charge in [0.1, 0.15) is 0 Å². The molecule has 0 aromatic carbocycles. The lowest BCUT2D eigenvalue weighted by atomic mass is 9.83. The van der Waals surface area contributed by atoms with E-state index in [0.29, 0.717) is 5.92 Å². The molecule has 0 saturated heterocycles. The third kappa shape index (κ3) is 5.19. The van der Waals surface area contributed by atoms with Gasteiger partial charge in [0, 0.05) is 5.92 Å². The van der Waals surface area contributed by atoms with E-state index in [2.05, 4.69) is 5.32 Å². The SMILES string of the molecule is CC(CC1CCCCC1)C(=O)NCC(C)(O)C(=O)O. The van der Waals surface area contributed by atoms with Crippen LogP contribution in [0.3, 0.4) is 0 Å². The van der Waals surface area contributed by atoms with E-state index < -0.39 is 11.6 Å². The molecule has 2 atom stereocenters. The second-order valence-corrected chi connectivity index (χ2v) is 5.94. The molecular formula is C14H25NO4. The van der Waals surface area contributed by atoms with Gasteiger partial charge >= 0.3 is 5.97 Å². The first-order chi connectivity index (χ1) is 8.83. The lowest BCUT2D eigenvalue weighted by Crippen LogP contribution is -2.47. The third-order valence-electron chi connectivity index (χ3n) is 3.93. The molecule has 1 aliphatic rings. The summed E-state index contributed by atoms with van der Waals surface area (Å²) in [7, 11) is 0. The molecule has 110 valence electrons. The molecule has 0 bridgehead atoms. The molecule has 0 heterocycles. The van der Waals surface area contributed by atoms with Crippen molar-refractivity contribution in [3.63, 3.8) is 0 Å². The summed E-state index contributed by atoms with van der Waals surface area (Å²) < 4.78 is 0. The van der Waals surface area contributed by atoms with E-state index in [1.165, 1.54) is 39.0 Å². The Hall–Kier alpha value is -1.10. The number of aliphatic carboxylic acids is 1. The second kappa shape index (κ2) is 6.89. The van der Waals surface area contributed by atoms with E-state index in [0.717, 1.165) is 6.42 Å². The van der Waals surface area contributed by atoms with E-state index in [-0.39, 0.29) is 18.4 Å². The van der Waals surface area contributed by atoms with Gasteiger partial charge in [-0.2, -0.15) is 0 Å². The molecule has 0 aromatic rings. The number of carbonyl (C=O) groups is 2. The van der Waals surface area contributed by atoms with E-state index in [9.17, 15) is 14.7 Å². The van der Waals surface area contributed by atoms with Gasteiger partial charge in [0.25, 0.3) is 0 Å². The topological polar surface area (TPSA) is 86.6 Å². The quantitative estimate of drug-likeness (QED) is 0.684. The summed E-state index contributed by atoms with van der Waals surface area (Å²) in [6, 6.07) is 0. The minimum Gasteiger partial charge on any atom is -0.479 e. The molecule has 1 rings (SSSR count). The number of rotatable bonds is 6. The smallest absolute Gasteiger partial charge is 0.337 e. The van der Waals surface area contributed by atoms with Crippen molar-refractivity contribution in [3.8, 4) is 0 Å². The molecule has 0 spiro atoms. The first-order valence-electron chi connectivity index (χ1n) is 7.06. The first-order valence-corrected chi connectivity index (χ1v) is 7.06. The Kier molecular flexibility index (Phi) is 5.79. The van der Waals surface area contributed by atoms with E-state index in [1.807, 2.05) is 6.92 Å². The standard InChI is InChI=1S/C14H25NO4/c1-10(8-11-6-4-3-5-7-11)12(16)15-9-14(2,19)13(17)18/h10-11,19H,3-9H2,1-2H3,(H,15,16)(H,17,18). The van der Waals surface area contributed by atoms with E-state index in [4.69, 9.17) is 5.11 Å². The van der Waals surface area contributed by atoms with Gasteiger partial charge in [0.05, 0.1) is 6.54 Å². The lowest BCUT2D eigenvalue weighted by Gasteiger charge is -2.25. The van der Waals surface area contributed by atoms with Crippen LogP contribution in [-0.4, -0.2) is 34.2 Å². The Labute approximate surface area is 114 Å². The third-order valence-corrected chi connectivity index (χ3v) is 3.93. The van der Waals surface area contributed by atoms with Crippen molar-refractivity contribution >= 4 is 11.9 Å². The molecule has 0 radical (unpaired) electrons. The highest BCUT2D eigenvalue weighted by Crippen LogP contribution is 2.29. The number of aliphatic hydroxyl groups is 1. The number of carbonyl (C=O) groups excluding carboxylic acids is 1. The van der Waals surface area contributed by atoms with Crippen LogP contribution >= 0.6 is 0 Å². The number of amides is 1. The Balaban J connectivity index is 2.34. The van der Waals surface area contributed by atoms with Crippen molar-refractivity contribution in [3.05, 3.63) is 0 Å². The molecule has 1 aliphatic carbocycles. The van der Waals surface area contributed by atoms with Crippen molar-refractivity contribution in [2.45, 2.75) is 58.0 Å². The summed E-state index contributed by atoms with van der Waals surface area (Å²) >= 11 is 0. The fourth-order valence-electron chi connectivity index (χ4n) is 2.54. The van der Waals surface area contributed by atoms with Crippen LogP contribution in [0.4, 0.5) is 0 Å². The summed E-state index contributed by atoms with van der Waals surface area (Å²) in [6.07, 6.45) is 6.99. The number of nitrogens with one attached hydrogen (secondary N) is 1. The van der Waals surface area contributed by atoms with Crippen LogP contribution in [0.25, 0.3) is 0 Å². The van der Waals surface area contributed by atoms with Gasteiger partial charge in [-0.25, -0.2) is 4.79 Å². The summed E-state index contributed by atoms with van der Waals surface area (Å²) in [5.74, 6) is -1.03. The highest BCUT2D eigenvalue weighted by molar-refractivity contribution is 5.81. The maximum atomic E-state index is 11.9. The van der Waals surface area contributed by atoms with Crippen molar-refractivity contribution in [2.75, 3.05) is 6.54 Å². The van der Waals surface area contributed by atoms with Gasteiger partial charge in [-0.3, -0.25) is 4.79 Å². The zero-order chi connectivity index (χ0) is 14.5. The minimum absolute atomic E-state index is 0.132. The van der Waals surface area contributed by atoms with Gasteiger partial charge < -0.3 is 15.5 Å². The lowest BCUT2D eigenvalue weighted by molar-refractivity contribution is -0.156. The van der Waals surface area contributed by atoms with E-state index >= 15 is 0 Å². The van der Waals surface area contributed by atoms with Gasteiger partial charge in [-0.05, 0) is 19.3 Å². The van der Waals surface area contributed by atoms with Gasteiger partial charge in [0.15, 0.2) is 5.60 Å². The monoisotopic (exact) mass is 271 g/mol. The van der Waals surface area contributed by atoms with Crippen LogP contribution in [0, 0.1) is 11.8 Å². The fourth-order valence-corrected chi connectivity index (χ4v) is 2.54. The van der Waals surface area contributed by atoms with E-state index in [1.54, 1.807) is 0 Å². The first kappa shape index (κ1) is 16.0. The van der Waals surface area contributed by atoms with Crippen molar-refractivity contribution in [1.82, 2.24) is 5.32 Å². The predicted octanol–water partition coefficient (Wildman–Crippen LogP) is 1.54. The molecule has 1 amide bonds. The molecule has 1 fully saturated rings. The number of carboxylic acid groups (broad SMARTS) is 1. The molecule has 5 nitrogen and oxygen atoms in total. The summed E-state index contributed by atoms with van der Waals surface area (Å²) in [6.45, 7) is 2.79. The second-order valence-electron chi connectivity index (χ2n) is 5.94. The van der Waals surface area contributed by atoms with Gasteiger partial charge in [-0.1, -0.05) is 39.0 Å². The Morgan fingerprint density at radius 2 is 1.89 bits per heavy atom. The maximum Gasteiger partial charge on any atom is 0.337 e. The number of hydrogen-bond acceptors (Lipinski definition) is 3. The highest BCUT2D eigenvalue weighted by Gasteiger charge is 2.31. The molecule has 2 unspecified atom stereocenters. The molecular weight excluding hydrogens is 246 g/mol. The van der Waals surface area contributed by atoms with Gasteiger partial charge in [-0.15, -0.1) is 0 Å². The normalized spacial score (nSPS) is 21.4. The average molecular weight is 271 g/mol. The fraction of sp³-hybridized carbons (Fsp3) is 0.857. The summed E-state index contributed by atoms with van der Waals surface area (Å²) in [4.78, 5) is 22.6. The Morgan fingerprint density at radius 1 is 1.32 bits per heavy atom. The highest BCUT2D eigenvalue weighted by atomic mass is 16.4. The van der Waals surface area contributed by atoms with Crippen molar-refractivity contribution in [2.24, 2.45) is 11.8 Å². The van der Waals surface area contributed by atoms with Crippen LogP contribution in [0.5, 0.6) is 0 Å². The van der Waals surface area contributed by atoms with Crippen LogP contribution in [0.2, 0.25) is 0 Å². The Bertz CT molecular complexity index is 321. The minimum atomic E-state index is -1.90. The average Bonchev–Trinajstić information content (AvgIpc) is 2.37. The van der Waals surface area contributed by atoms with Crippen LogP contribution in [0.1, 0.15) is 52.4 Å². The number of hydrogen-bond donors (Lipinski definition) is 3. The molecule has 3 N–H and O–H groups in total. The molecule has 0 aliphatic heterocycles. The van der Waals surface area contributed by atoms with Gasteiger partial charge in [0.2, 0.25) is 5.91 Å². The summed E-state index contributed by atoms with van der Waals surface area (Å²) in [5.41, 5.74) is -1.90.